The van der Waals surface area contributed by atoms with Gasteiger partial charge >= 0.3 is 5.97 Å². The number of benzene rings is 3. The van der Waals surface area contributed by atoms with Gasteiger partial charge in [0.2, 0.25) is 5.78 Å². The molecule has 0 spiro atoms. The van der Waals surface area contributed by atoms with Gasteiger partial charge in [-0.1, -0.05) is 78.9 Å². The maximum absolute atomic E-state index is 13.5. The van der Waals surface area contributed by atoms with E-state index in [1.807, 2.05) is 91.0 Å². The molecule has 6 rings (SSSR count). The summed E-state index contributed by atoms with van der Waals surface area (Å²) in [5.74, 6) is 0.326. The number of anilines is 1. The predicted molar refractivity (Wildman–Crippen MR) is 137 cm³/mol. The molecule has 0 aliphatic carbocycles. The van der Waals surface area contributed by atoms with Crippen LogP contribution in [0.15, 0.2) is 91.0 Å². The molecule has 3 aliphatic heterocycles. The second-order valence-electron chi connectivity index (χ2n) is 9.98. The van der Waals surface area contributed by atoms with Crippen LogP contribution in [0.4, 0.5) is 5.69 Å². The highest BCUT2D eigenvalue weighted by atomic mass is 16.5. The topological polar surface area (TPSA) is 55.4 Å². The Balaban J connectivity index is 1.28. The van der Waals surface area contributed by atoms with Crippen LogP contribution >= 0.6 is 0 Å². The molecule has 3 aliphatic rings. The number of nitrogens with zero attached hydrogens (tertiary/aromatic N) is 1. The van der Waals surface area contributed by atoms with Crippen molar-refractivity contribution in [2.45, 2.75) is 31.4 Å². The van der Waals surface area contributed by atoms with Crippen LogP contribution in [0, 0.1) is 5.92 Å². The molecular formula is C30H33N2O3+. The average Bonchev–Trinajstić information content (AvgIpc) is 2.90. The Bertz CT molecular complexity index is 1080. The zero-order valence-corrected chi connectivity index (χ0v) is 20.0. The first kappa shape index (κ1) is 23.3. The van der Waals surface area contributed by atoms with Crippen LogP contribution in [-0.2, 0) is 16.0 Å². The van der Waals surface area contributed by atoms with Gasteiger partial charge in [0.1, 0.15) is 19.1 Å². The van der Waals surface area contributed by atoms with Crippen LogP contribution in [0.2, 0.25) is 0 Å². The number of Topliss-reactive ketones (excluding diaryl/α,β-unsaturated/α-hetero) is 1. The minimum absolute atomic E-state index is 0.149. The van der Waals surface area contributed by atoms with E-state index in [2.05, 4.69) is 5.32 Å². The first-order valence-electron chi connectivity index (χ1n) is 12.6. The van der Waals surface area contributed by atoms with Gasteiger partial charge in [-0.15, -0.1) is 0 Å². The Morgan fingerprint density at radius 3 is 2.11 bits per heavy atom. The number of esters is 1. The molecule has 2 bridgehead atoms. The third-order valence-corrected chi connectivity index (χ3v) is 7.57. The molecule has 1 N–H and O–H groups in total. The van der Waals surface area contributed by atoms with Crippen LogP contribution in [-0.4, -0.2) is 54.6 Å². The molecule has 5 heteroatoms. The Labute approximate surface area is 207 Å². The molecule has 180 valence electrons. The van der Waals surface area contributed by atoms with Crippen LogP contribution in [0.3, 0.4) is 0 Å². The van der Waals surface area contributed by atoms with Crippen LogP contribution in [0.1, 0.15) is 28.8 Å². The van der Waals surface area contributed by atoms with Gasteiger partial charge in [-0.05, 0) is 17.7 Å². The number of ketones is 1. The van der Waals surface area contributed by atoms with Gasteiger partial charge in [-0.2, -0.15) is 0 Å². The Kier molecular flexibility index (Phi) is 6.96. The summed E-state index contributed by atoms with van der Waals surface area (Å²) in [6.45, 7) is 3.15. The van der Waals surface area contributed by atoms with E-state index in [1.165, 1.54) is 0 Å². The molecule has 3 saturated heterocycles. The number of rotatable bonds is 9. The normalized spacial score (nSPS) is 23.9. The minimum atomic E-state index is -0.477. The molecule has 0 unspecified atom stereocenters. The van der Waals surface area contributed by atoms with Crippen molar-refractivity contribution in [3.05, 3.63) is 102 Å². The number of fused-ring (bicyclic) bond motifs is 3. The van der Waals surface area contributed by atoms with E-state index in [0.29, 0.717) is 18.9 Å². The molecule has 0 radical (unpaired) electrons. The maximum atomic E-state index is 13.5. The maximum Gasteiger partial charge on any atom is 0.329 e. The second kappa shape index (κ2) is 10.4. The number of carbonyl (C=O) groups is 2. The van der Waals surface area contributed by atoms with E-state index in [4.69, 9.17) is 4.74 Å². The average molecular weight is 470 g/mol. The summed E-state index contributed by atoms with van der Waals surface area (Å²) in [6, 6.07) is 28.9. The minimum Gasteiger partial charge on any atom is -0.455 e. The first-order chi connectivity index (χ1) is 17.1. The summed E-state index contributed by atoms with van der Waals surface area (Å²) >= 11 is 0. The standard InChI is InChI=1S/C30H33N2O3/c33-28(24-12-6-2-7-13-24)21-32-18-16-25(17-19-32)29(22-32)35-30(34)27(20-23-10-4-1-5-11-23)31-26-14-8-3-9-15-26/h1-15,25,27,29,31H,16-22H2/q+1/t25?,27-,29-,32?/m0/s1. The Morgan fingerprint density at radius 1 is 0.857 bits per heavy atom. The lowest BCUT2D eigenvalue weighted by molar-refractivity contribution is -0.938. The molecule has 3 heterocycles. The van der Waals surface area contributed by atoms with Crippen molar-refractivity contribution >= 4 is 17.4 Å². The fraction of sp³-hybridized carbons (Fsp3) is 0.333. The van der Waals surface area contributed by atoms with Gasteiger partial charge in [-0.3, -0.25) is 4.79 Å². The second-order valence-corrected chi connectivity index (χ2v) is 9.98. The number of nitrogens with one attached hydrogen (secondary N) is 1. The molecule has 35 heavy (non-hydrogen) atoms. The lowest BCUT2D eigenvalue weighted by Crippen LogP contribution is -2.66. The molecule has 0 saturated carbocycles. The van der Waals surface area contributed by atoms with E-state index in [1.54, 1.807) is 0 Å². The predicted octanol–water partition coefficient (Wildman–Crippen LogP) is 4.74. The summed E-state index contributed by atoms with van der Waals surface area (Å²) < 4.78 is 6.94. The van der Waals surface area contributed by atoms with E-state index in [9.17, 15) is 9.59 Å². The van der Waals surface area contributed by atoms with Crippen molar-refractivity contribution in [2.75, 3.05) is 31.5 Å². The highest BCUT2D eigenvalue weighted by Gasteiger charge is 2.48. The van der Waals surface area contributed by atoms with E-state index >= 15 is 0 Å². The van der Waals surface area contributed by atoms with Crippen molar-refractivity contribution < 1.29 is 18.8 Å². The van der Waals surface area contributed by atoms with Crippen LogP contribution < -0.4 is 5.32 Å². The van der Waals surface area contributed by atoms with Crippen LogP contribution in [0.5, 0.6) is 0 Å². The zero-order chi connectivity index (χ0) is 24.1. The molecular weight excluding hydrogens is 436 g/mol. The first-order valence-corrected chi connectivity index (χ1v) is 12.6. The van der Waals surface area contributed by atoms with Crippen molar-refractivity contribution in [1.82, 2.24) is 0 Å². The number of quaternary nitrogens is 1. The quantitative estimate of drug-likeness (QED) is 0.279. The molecule has 2 atom stereocenters. The molecule has 0 aromatic heterocycles. The Morgan fingerprint density at radius 2 is 1.46 bits per heavy atom. The van der Waals surface area contributed by atoms with Gasteiger partial charge in [0.25, 0.3) is 0 Å². The highest BCUT2D eigenvalue weighted by Crippen LogP contribution is 2.36. The summed E-state index contributed by atoms with van der Waals surface area (Å²) in [6.07, 6.45) is 2.40. The van der Waals surface area contributed by atoms with Gasteiger partial charge in [0, 0.05) is 36.4 Å². The summed E-state index contributed by atoms with van der Waals surface area (Å²) in [5, 5.41) is 3.39. The van der Waals surface area contributed by atoms with Gasteiger partial charge < -0.3 is 14.5 Å². The van der Waals surface area contributed by atoms with E-state index < -0.39 is 6.04 Å². The summed E-state index contributed by atoms with van der Waals surface area (Å²) in [5.41, 5.74) is 2.75. The number of para-hydroxylation sites is 1. The SMILES string of the molecule is O=C(C[N+]12CCC(CC1)[C@@H](OC(=O)[C@H](Cc1ccccc1)Nc1ccccc1)C2)c1ccccc1. The number of hydrogen-bond acceptors (Lipinski definition) is 4. The summed E-state index contributed by atoms with van der Waals surface area (Å²) in [4.78, 5) is 26.5. The fourth-order valence-corrected chi connectivity index (χ4v) is 5.61. The lowest BCUT2D eigenvalue weighted by Gasteiger charge is -2.51. The van der Waals surface area contributed by atoms with Crippen molar-refractivity contribution in [3.8, 4) is 0 Å². The third kappa shape index (κ3) is 5.63. The van der Waals surface area contributed by atoms with E-state index in [0.717, 1.165) is 53.8 Å². The lowest BCUT2D eigenvalue weighted by atomic mass is 9.82. The van der Waals surface area contributed by atoms with Crippen LogP contribution in [0.25, 0.3) is 0 Å². The Hall–Kier alpha value is -3.44. The number of ether oxygens (including phenoxy) is 1. The summed E-state index contributed by atoms with van der Waals surface area (Å²) in [7, 11) is 0. The molecule has 3 aromatic rings. The highest BCUT2D eigenvalue weighted by molar-refractivity contribution is 5.97. The van der Waals surface area contributed by atoms with E-state index in [-0.39, 0.29) is 17.9 Å². The zero-order valence-electron chi connectivity index (χ0n) is 20.0. The van der Waals surface area contributed by atoms with Crippen molar-refractivity contribution in [1.29, 1.82) is 0 Å². The monoisotopic (exact) mass is 469 g/mol. The number of piperidine rings is 3. The molecule has 3 fully saturated rings. The number of carbonyl (C=O) groups excluding carboxylic acids is 2. The fourth-order valence-electron chi connectivity index (χ4n) is 5.61. The van der Waals surface area contributed by atoms with Gasteiger partial charge in [-0.25, -0.2) is 4.79 Å². The van der Waals surface area contributed by atoms with Gasteiger partial charge in [0.05, 0.1) is 13.1 Å². The number of hydrogen-bond donors (Lipinski definition) is 1. The third-order valence-electron chi connectivity index (χ3n) is 7.57. The van der Waals surface area contributed by atoms with Crippen molar-refractivity contribution in [3.63, 3.8) is 0 Å². The van der Waals surface area contributed by atoms with Crippen molar-refractivity contribution in [2.24, 2.45) is 5.92 Å². The molecule has 3 aromatic carbocycles. The molecule has 5 nitrogen and oxygen atoms in total. The van der Waals surface area contributed by atoms with Gasteiger partial charge in [0.15, 0.2) is 6.10 Å². The smallest absolute Gasteiger partial charge is 0.329 e. The largest absolute Gasteiger partial charge is 0.455 e. The molecule has 0 amide bonds.